The summed E-state index contributed by atoms with van der Waals surface area (Å²) in [4.78, 5) is 13.3. The van der Waals surface area contributed by atoms with Crippen LogP contribution in [0.15, 0.2) is 40.8 Å². The van der Waals surface area contributed by atoms with Gasteiger partial charge in [0.05, 0.1) is 11.4 Å². The van der Waals surface area contributed by atoms with Crippen molar-refractivity contribution < 1.29 is 0 Å². The van der Waals surface area contributed by atoms with E-state index >= 15 is 0 Å². The number of nitrogens with zero attached hydrogens (tertiary/aromatic N) is 3. The zero-order valence-electron chi connectivity index (χ0n) is 10.3. The quantitative estimate of drug-likeness (QED) is 0.669. The summed E-state index contributed by atoms with van der Waals surface area (Å²) in [7, 11) is 0. The summed E-state index contributed by atoms with van der Waals surface area (Å²) in [5.74, 6) is 5.68. The van der Waals surface area contributed by atoms with E-state index in [9.17, 15) is 4.79 Å². The highest BCUT2D eigenvalue weighted by Gasteiger charge is 2.09. The summed E-state index contributed by atoms with van der Waals surface area (Å²) < 4.78 is 3.21. The summed E-state index contributed by atoms with van der Waals surface area (Å²) in [6.45, 7) is 2.17. The maximum atomic E-state index is 12.3. The second-order valence-electron chi connectivity index (χ2n) is 3.99. The van der Waals surface area contributed by atoms with Crippen molar-refractivity contribution in [2.24, 2.45) is 0 Å². The van der Waals surface area contributed by atoms with Crippen LogP contribution in [0, 0.1) is 11.8 Å². The molecule has 0 fully saturated rings. The molecule has 0 unspecified atom stereocenters. The Bertz CT molecular complexity index is 831. The van der Waals surface area contributed by atoms with Crippen LogP contribution in [-0.4, -0.2) is 14.2 Å². The molecule has 0 bridgehead atoms. The van der Waals surface area contributed by atoms with Crippen LogP contribution in [0.4, 0.5) is 0 Å². The lowest BCUT2D eigenvalue weighted by atomic mass is 10.3. The Morgan fingerprint density at radius 3 is 3.05 bits per heavy atom. The highest BCUT2D eigenvalue weighted by molar-refractivity contribution is 7.13. The van der Waals surface area contributed by atoms with Gasteiger partial charge in [0.15, 0.2) is 0 Å². The van der Waals surface area contributed by atoms with E-state index in [0.29, 0.717) is 12.1 Å². The van der Waals surface area contributed by atoms with Crippen molar-refractivity contribution in [1.29, 1.82) is 0 Å². The van der Waals surface area contributed by atoms with Crippen molar-refractivity contribution in [2.45, 2.75) is 13.5 Å². The second-order valence-corrected chi connectivity index (χ2v) is 4.94. The molecule has 0 N–H and O–H groups in total. The zero-order valence-corrected chi connectivity index (χ0v) is 11.1. The fourth-order valence-electron chi connectivity index (χ4n) is 1.86. The first-order valence-electron chi connectivity index (χ1n) is 5.82. The van der Waals surface area contributed by atoms with Gasteiger partial charge in [0.1, 0.15) is 11.2 Å². The van der Waals surface area contributed by atoms with E-state index in [4.69, 9.17) is 0 Å². The lowest BCUT2D eigenvalue weighted by Gasteiger charge is -2.00. The molecule has 0 spiro atoms. The lowest BCUT2D eigenvalue weighted by molar-refractivity contribution is 0.773. The number of rotatable bonds is 2. The summed E-state index contributed by atoms with van der Waals surface area (Å²) in [5.41, 5.74) is 1.33. The summed E-state index contributed by atoms with van der Waals surface area (Å²) in [6, 6.07) is 5.79. The summed E-state index contributed by atoms with van der Waals surface area (Å²) >= 11 is 1.61. The average molecular weight is 269 g/mol. The van der Waals surface area contributed by atoms with Crippen LogP contribution in [0.1, 0.15) is 6.92 Å². The molecule has 19 heavy (non-hydrogen) atoms. The molecular weight excluding hydrogens is 258 g/mol. The first kappa shape index (κ1) is 11.8. The number of hydrogen-bond donors (Lipinski definition) is 0. The molecule has 3 rings (SSSR count). The largest absolute Gasteiger partial charge is 0.300 e. The number of fused-ring (bicyclic) bond motifs is 1. The highest BCUT2D eigenvalue weighted by Crippen LogP contribution is 2.23. The van der Waals surface area contributed by atoms with E-state index in [1.807, 2.05) is 23.6 Å². The van der Waals surface area contributed by atoms with Gasteiger partial charge in [-0.3, -0.25) is 4.79 Å². The van der Waals surface area contributed by atoms with Gasteiger partial charge in [-0.2, -0.15) is 5.10 Å². The SMILES string of the molecule is CC#CCn1ccn2nc(-c3cccs3)cc2c1=O. The number of aromatic nitrogens is 3. The van der Waals surface area contributed by atoms with Crippen LogP contribution in [0.25, 0.3) is 16.1 Å². The molecule has 3 aromatic rings. The van der Waals surface area contributed by atoms with Crippen molar-refractivity contribution in [1.82, 2.24) is 14.2 Å². The molecule has 0 aliphatic heterocycles. The molecule has 3 heterocycles. The average Bonchev–Trinajstić information content (AvgIpc) is 3.07. The summed E-state index contributed by atoms with van der Waals surface area (Å²) in [6.07, 6.45) is 3.50. The molecule has 0 atom stereocenters. The van der Waals surface area contributed by atoms with E-state index in [-0.39, 0.29) is 5.56 Å². The third-order valence-electron chi connectivity index (χ3n) is 2.80. The van der Waals surface area contributed by atoms with E-state index in [1.165, 1.54) is 0 Å². The molecule has 0 aliphatic carbocycles. The Hall–Kier alpha value is -2.32. The fraction of sp³-hybridized carbons (Fsp3) is 0.143. The van der Waals surface area contributed by atoms with Gasteiger partial charge in [-0.05, 0) is 24.4 Å². The van der Waals surface area contributed by atoms with Gasteiger partial charge in [-0.15, -0.1) is 17.3 Å². The third kappa shape index (κ3) is 2.07. The highest BCUT2D eigenvalue weighted by atomic mass is 32.1. The van der Waals surface area contributed by atoms with Crippen LogP contribution in [0.3, 0.4) is 0 Å². The summed E-state index contributed by atoms with van der Waals surface area (Å²) in [5, 5.41) is 6.41. The van der Waals surface area contributed by atoms with Crippen molar-refractivity contribution in [3.8, 4) is 22.4 Å². The predicted octanol–water partition coefficient (Wildman–Crippen LogP) is 2.25. The van der Waals surface area contributed by atoms with Crippen LogP contribution in [-0.2, 0) is 6.54 Å². The van der Waals surface area contributed by atoms with Gasteiger partial charge < -0.3 is 4.57 Å². The molecule has 0 aliphatic rings. The van der Waals surface area contributed by atoms with Gasteiger partial charge in [0, 0.05) is 12.4 Å². The van der Waals surface area contributed by atoms with Gasteiger partial charge >= 0.3 is 0 Å². The van der Waals surface area contributed by atoms with Crippen LogP contribution < -0.4 is 5.56 Å². The number of hydrogen-bond acceptors (Lipinski definition) is 3. The standard InChI is InChI=1S/C14H11N3OS/c1-2-3-6-16-7-8-17-12(14(16)18)10-11(15-17)13-5-4-9-19-13/h4-5,7-10H,6H2,1H3. The lowest BCUT2D eigenvalue weighted by Crippen LogP contribution is -2.20. The van der Waals surface area contributed by atoms with E-state index in [2.05, 4.69) is 16.9 Å². The minimum atomic E-state index is -0.0689. The Morgan fingerprint density at radius 2 is 2.32 bits per heavy atom. The van der Waals surface area contributed by atoms with Crippen LogP contribution in [0.5, 0.6) is 0 Å². The van der Waals surface area contributed by atoms with Crippen molar-refractivity contribution >= 4 is 16.9 Å². The zero-order chi connectivity index (χ0) is 13.2. The maximum absolute atomic E-state index is 12.3. The molecule has 0 radical (unpaired) electrons. The first-order chi connectivity index (χ1) is 9.29. The van der Waals surface area contributed by atoms with Gasteiger partial charge in [-0.1, -0.05) is 12.0 Å². The van der Waals surface area contributed by atoms with E-state index < -0.39 is 0 Å². The fourth-order valence-corrected chi connectivity index (χ4v) is 2.54. The minimum absolute atomic E-state index is 0.0689. The Morgan fingerprint density at radius 1 is 1.42 bits per heavy atom. The monoisotopic (exact) mass is 269 g/mol. The predicted molar refractivity (Wildman–Crippen MR) is 76.2 cm³/mol. The first-order valence-corrected chi connectivity index (χ1v) is 6.70. The molecule has 0 saturated carbocycles. The molecule has 0 saturated heterocycles. The molecule has 4 nitrogen and oxygen atoms in total. The van der Waals surface area contributed by atoms with Crippen molar-refractivity contribution in [2.75, 3.05) is 0 Å². The Kier molecular flexibility index (Phi) is 2.94. The van der Waals surface area contributed by atoms with Gasteiger partial charge in [0.2, 0.25) is 0 Å². The molecule has 94 valence electrons. The molecule has 0 aromatic carbocycles. The molecular formula is C14H11N3OS. The van der Waals surface area contributed by atoms with E-state index in [1.54, 1.807) is 39.7 Å². The third-order valence-corrected chi connectivity index (χ3v) is 3.70. The van der Waals surface area contributed by atoms with Gasteiger partial charge in [-0.25, -0.2) is 4.52 Å². The topological polar surface area (TPSA) is 39.3 Å². The van der Waals surface area contributed by atoms with E-state index in [0.717, 1.165) is 10.6 Å². The molecule has 0 amide bonds. The normalized spacial score (nSPS) is 10.4. The van der Waals surface area contributed by atoms with Gasteiger partial charge in [0.25, 0.3) is 5.56 Å². The molecule has 3 aromatic heterocycles. The maximum Gasteiger partial charge on any atom is 0.277 e. The number of thiophene rings is 1. The van der Waals surface area contributed by atoms with Crippen molar-refractivity contribution in [3.63, 3.8) is 0 Å². The van der Waals surface area contributed by atoms with Crippen molar-refractivity contribution in [3.05, 3.63) is 46.3 Å². The van der Waals surface area contributed by atoms with Crippen LogP contribution >= 0.6 is 11.3 Å². The second kappa shape index (κ2) is 4.75. The smallest absolute Gasteiger partial charge is 0.277 e. The molecule has 5 heteroatoms. The Labute approximate surface area is 113 Å². The van der Waals surface area contributed by atoms with Crippen LogP contribution in [0.2, 0.25) is 0 Å². The minimum Gasteiger partial charge on any atom is -0.300 e. The Balaban J connectivity index is 2.15.